The zero-order valence-electron chi connectivity index (χ0n) is 12.7. The number of nitrogens with one attached hydrogen (secondary N) is 1. The predicted octanol–water partition coefficient (Wildman–Crippen LogP) is 4.06. The molecule has 4 nitrogen and oxygen atoms in total. The van der Waals surface area contributed by atoms with E-state index in [0.717, 1.165) is 27.0 Å². The van der Waals surface area contributed by atoms with Gasteiger partial charge in [-0.1, -0.05) is 17.7 Å². The third-order valence-electron chi connectivity index (χ3n) is 3.63. The highest BCUT2D eigenvalue weighted by molar-refractivity contribution is 7.21. The van der Waals surface area contributed by atoms with Gasteiger partial charge in [0.25, 0.3) is 5.91 Å². The number of benzene rings is 1. The zero-order valence-corrected chi connectivity index (χ0v) is 13.5. The van der Waals surface area contributed by atoms with Crippen LogP contribution < -0.4 is 11.1 Å². The summed E-state index contributed by atoms with van der Waals surface area (Å²) < 4.78 is 0. The minimum absolute atomic E-state index is 0.185. The Morgan fingerprint density at radius 1 is 1.23 bits per heavy atom. The van der Waals surface area contributed by atoms with E-state index < -0.39 is 0 Å². The summed E-state index contributed by atoms with van der Waals surface area (Å²) in [4.78, 5) is 18.1. The monoisotopic (exact) mass is 311 g/mol. The molecule has 0 atom stereocenters. The van der Waals surface area contributed by atoms with Crippen LogP contribution in [-0.2, 0) is 0 Å². The molecule has 1 aromatic carbocycles. The van der Waals surface area contributed by atoms with Crippen LogP contribution in [0.4, 0.5) is 11.4 Å². The number of nitrogen functional groups attached to an aromatic ring is 1. The molecule has 0 bridgehead atoms. The Morgan fingerprint density at radius 2 is 1.91 bits per heavy atom. The molecule has 0 aliphatic heterocycles. The van der Waals surface area contributed by atoms with Crippen LogP contribution in [0.5, 0.6) is 0 Å². The Kier molecular flexibility index (Phi) is 3.58. The highest BCUT2D eigenvalue weighted by Crippen LogP contribution is 2.33. The maximum absolute atomic E-state index is 12.6. The molecule has 3 rings (SSSR count). The first-order chi connectivity index (χ1) is 10.5. The molecule has 5 heteroatoms. The third-order valence-corrected chi connectivity index (χ3v) is 4.75. The first-order valence-corrected chi connectivity index (χ1v) is 7.81. The van der Waals surface area contributed by atoms with Crippen LogP contribution in [-0.4, -0.2) is 10.9 Å². The van der Waals surface area contributed by atoms with Gasteiger partial charge in [-0.05, 0) is 44.0 Å². The molecule has 112 valence electrons. The number of nitrogens with two attached hydrogens (primary N) is 1. The molecule has 0 aliphatic rings. The summed E-state index contributed by atoms with van der Waals surface area (Å²) in [5.41, 5.74) is 10.7. The highest BCUT2D eigenvalue weighted by Gasteiger charge is 2.18. The van der Waals surface area contributed by atoms with E-state index in [-0.39, 0.29) is 5.91 Å². The number of aryl methyl sites for hydroxylation is 3. The Morgan fingerprint density at radius 3 is 2.55 bits per heavy atom. The molecule has 0 unspecified atom stereocenters. The van der Waals surface area contributed by atoms with Crippen LogP contribution in [0.3, 0.4) is 0 Å². The van der Waals surface area contributed by atoms with Crippen molar-refractivity contribution in [3.8, 4) is 0 Å². The van der Waals surface area contributed by atoms with Gasteiger partial charge in [0, 0.05) is 17.3 Å². The lowest BCUT2D eigenvalue weighted by Crippen LogP contribution is -2.14. The summed E-state index contributed by atoms with van der Waals surface area (Å²) in [5, 5.41) is 3.82. The van der Waals surface area contributed by atoms with Crippen molar-refractivity contribution in [3.63, 3.8) is 0 Å². The number of carbonyl (C=O) groups is 1. The fraction of sp³-hybridized carbons (Fsp3) is 0.176. The van der Waals surface area contributed by atoms with Crippen molar-refractivity contribution in [1.29, 1.82) is 0 Å². The summed E-state index contributed by atoms with van der Waals surface area (Å²) in [6, 6.07) is 7.81. The van der Waals surface area contributed by atoms with Gasteiger partial charge in [0.1, 0.15) is 9.71 Å². The molecule has 2 heterocycles. The van der Waals surface area contributed by atoms with Gasteiger partial charge in [0.05, 0.1) is 5.69 Å². The zero-order chi connectivity index (χ0) is 15.9. The van der Waals surface area contributed by atoms with Crippen LogP contribution in [0.2, 0.25) is 0 Å². The molecule has 2 aromatic heterocycles. The summed E-state index contributed by atoms with van der Waals surface area (Å²) in [5.74, 6) is -0.185. The molecular weight excluding hydrogens is 294 g/mol. The second-order valence-corrected chi connectivity index (χ2v) is 6.43. The number of aromatic nitrogens is 1. The number of pyridine rings is 1. The second kappa shape index (κ2) is 5.42. The Balaban J connectivity index is 1.99. The molecule has 0 saturated heterocycles. The summed E-state index contributed by atoms with van der Waals surface area (Å²) >= 11 is 1.32. The molecule has 3 N–H and O–H groups in total. The molecular formula is C17H17N3OS. The van der Waals surface area contributed by atoms with Crippen LogP contribution in [0.25, 0.3) is 10.2 Å². The lowest BCUT2D eigenvalue weighted by molar-refractivity contribution is 0.103. The standard InChI is InChI=1S/C17H17N3OS/c1-9-7-10(2)14(11(3)8-9)20-16(21)15-13(18)12-5-4-6-19-17(12)22-15/h4-8H,18H2,1-3H3,(H,20,21). The van der Waals surface area contributed by atoms with Gasteiger partial charge in [-0.15, -0.1) is 11.3 Å². The van der Waals surface area contributed by atoms with Crippen LogP contribution in [0.1, 0.15) is 26.4 Å². The Hall–Kier alpha value is -2.40. The van der Waals surface area contributed by atoms with E-state index in [2.05, 4.69) is 22.4 Å². The molecule has 0 radical (unpaired) electrons. The molecule has 0 fully saturated rings. The molecule has 22 heavy (non-hydrogen) atoms. The number of amides is 1. The van der Waals surface area contributed by atoms with Gasteiger partial charge in [-0.3, -0.25) is 4.79 Å². The number of nitrogens with zero attached hydrogens (tertiary/aromatic N) is 1. The smallest absolute Gasteiger partial charge is 0.267 e. The number of thiophene rings is 1. The number of hydrogen-bond acceptors (Lipinski definition) is 4. The molecule has 3 aromatic rings. The molecule has 0 aliphatic carbocycles. The van der Waals surface area contributed by atoms with E-state index in [0.29, 0.717) is 10.6 Å². The van der Waals surface area contributed by atoms with Crippen molar-refractivity contribution in [2.24, 2.45) is 0 Å². The van der Waals surface area contributed by atoms with E-state index in [1.165, 1.54) is 16.9 Å². The topological polar surface area (TPSA) is 68.0 Å². The van der Waals surface area contributed by atoms with E-state index >= 15 is 0 Å². The average molecular weight is 311 g/mol. The van der Waals surface area contributed by atoms with E-state index in [1.807, 2.05) is 32.9 Å². The van der Waals surface area contributed by atoms with Gasteiger partial charge in [0.2, 0.25) is 0 Å². The van der Waals surface area contributed by atoms with Crippen molar-refractivity contribution in [3.05, 3.63) is 52.0 Å². The third kappa shape index (κ3) is 2.44. The predicted molar refractivity (Wildman–Crippen MR) is 92.6 cm³/mol. The van der Waals surface area contributed by atoms with Crippen LogP contribution in [0.15, 0.2) is 30.5 Å². The Labute approximate surface area is 133 Å². The summed E-state index contributed by atoms with van der Waals surface area (Å²) in [6.07, 6.45) is 1.70. The maximum atomic E-state index is 12.6. The first-order valence-electron chi connectivity index (χ1n) is 6.99. The molecule has 1 amide bonds. The SMILES string of the molecule is Cc1cc(C)c(NC(=O)c2sc3ncccc3c2N)c(C)c1. The minimum Gasteiger partial charge on any atom is -0.397 e. The van der Waals surface area contributed by atoms with E-state index in [4.69, 9.17) is 5.73 Å². The number of rotatable bonds is 2. The number of anilines is 2. The molecule has 0 spiro atoms. The average Bonchev–Trinajstić information content (AvgIpc) is 2.80. The van der Waals surface area contributed by atoms with Crippen molar-refractivity contribution in [1.82, 2.24) is 4.98 Å². The summed E-state index contributed by atoms with van der Waals surface area (Å²) in [7, 11) is 0. The number of hydrogen-bond donors (Lipinski definition) is 2. The molecule has 0 saturated carbocycles. The number of fused-ring (bicyclic) bond motifs is 1. The normalized spacial score (nSPS) is 10.9. The lowest BCUT2D eigenvalue weighted by Gasteiger charge is -2.12. The highest BCUT2D eigenvalue weighted by atomic mass is 32.1. The number of carbonyl (C=O) groups excluding carboxylic acids is 1. The first kappa shape index (κ1) is 14.5. The minimum atomic E-state index is -0.185. The fourth-order valence-electron chi connectivity index (χ4n) is 2.67. The van der Waals surface area contributed by atoms with Crippen molar-refractivity contribution < 1.29 is 4.79 Å². The quantitative estimate of drug-likeness (QED) is 0.750. The van der Waals surface area contributed by atoms with Crippen molar-refractivity contribution in [2.45, 2.75) is 20.8 Å². The van der Waals surface area contributed by atoms with Gasteiger partial charge >= 0.3 is 0 Å². The van der Waals surface area contributed by atoms with Crippen molar-refractivity contribution >= 4 is 38.8 Å². The Bertz CT molecular complexity index is 860. The van der Waals surface area contributed by atoms with Gasteiger partial charge in [-0.2, -0.15) is 0 Å². The van der Waals surface area contributed by atoms with Gasteiger partial charge in [-0.25, -0.2) is 4.98 Å². The fourth-order valence-corrected chi connectivity index (χ4v) is 3.63. The van der Waals surface area contributed by atoms with Crippen molar-refractivity contribution in [2.75, 3.05) is 11.1 Å². The lowest BCUT2D eigenvalue weighted by atomic mass is 10.1. The van der Waals surface area contributed by atoms with Gasteiger partial charge < -0.3 is 11.1 Å². The van der Waals surface area contributed by atoms with E-state index in [1.54, 1.807) is 6.20 Å². The maximum Gasteiger partial charge on any atom is 0.267 e. The van der Waals surface area contributed by atoms with E-state index in [9.17, 15) is 4.79 Å². The second-order valence-electron chi connectivity index (χ2n) is 5.43. The largest absolute Gasteiger partial charge is 0.397 e. The summed E-state index contributed by atoms with van der Waals surface area (Å²) in [6.45, 7) is 6.03. The van der Waals surface area contributed by atoms with Gasteiger partial charge in [0.15, 0.2) is 0 Å². The van der Waals surface area contributed by atoms with Crippen LogP contribution >= 0.6 is 11.3 Å². The van der Waals surface area contributed by atoms with Crippen LogP contribution in [0, 0.1) is 20.8 Å².